The predicted octanol–water partition coefficient (Wildman–Crippen LogP) is -0.0289. The zero-order valence-electron chi connectivity index (χ0n) is 15.2. The van der Waals surface area contributed by atoms with E-state index in [1.165, 1.54) is 0 Å². The Kier molecular flexibility index (Phi) is 7.36. The number of morpholine rings is 1. The van der Waals surface area contributed by atoms with E-state index in [1.54, 1.807) is 12.1 Å². The quantitative estimate of drug-likeness (QED) is 0.645. The van der Waals surface area contributed by atoms with E-state index in [0.29, 0.717) is 31.8 Å². The molecular formula is C18H28N4O3. The van der Waals surface area contributed by atoms with Crippen LogP contribution in [0.3, 0.4) is 0 Å². The molecule has 0 bridgehead atoms. The zero-order chi connectivity index (χ0) is 18.2. The van der Waals surface area contributed by atoms with E-state index >= 15 is 0 Å². The summed E-state index contributed by atoms with van der Waals surface area (Å²) in [6.45, 7) is 5.03. The number of carbonyl (C=O) groups excluding carboxylic acids is 2. The van der Waals surface area contributed by atoms with Crippen LogP contribution in [0.5, 0.6) is 0 Å². The molecule has 1 aromatic carbocycles. The first-order chi connectivity index (χ1) is 12.0. The highest BCUT2D eigenvalue weighted by atomic mass is 16.5. The second-order valence-corrected chi connectivity index (χ2v) is 6.48. The Labute approximate surface area is 149 Å². The Morgan fingerprint density at radius 2 is 1.96 bits per heavy atom. The van der Waals surface area contributed by atoms with Gasteiger partial charge < -0.3 is 25.6 Å². The molecule has 1 aliphatic rings. The molecule has 2 amide bonds. The fraction of sp³-hybridized carbons (Fsp3) is 0.556. The summed E-state index contributed by atoms with van der Waals surface area (Å²) in [7, 11) is 3.93. The number of likely N-dealkylation sites (N-methyl/N-ethyl adjacent to an activating group) is 1. The predicted molar refractivity (Wildman–Crippen MR) is 96.4 cm³/mol. The molecule has 25 heavy (non-hydrogen) atoms. The molecule has 1 aliphatic heterocycles. The van der Waals surface area contributed by atoms with Crippen molar-refractivity contribution in [2.24, 2.45) is 0 Å². The molecule has 0 saturated carbocycles. The molecule has 0 radical (unpaired) electrons. The minimum atomic E-state index is -0.324. The lowest BCUT2D eigenvalue weighted by atomic mass is 10.1. The van der Waals surface area contributed by atoms with Gasteiger partial charge in [0.1, 0.15) is 6.04 Å². The van der Waals surface area contributed by atoms with Crippen LogP contribution in [0.1, 0.15) is 22.8 Å². The van der Waals surface area contributed by atoms with Gasteiger partial charge in [-0.25, -0.2) is 0 Å². The van der Waals surface area contributed by atoms with E-state index in [1.807, 2.05) is 38.1 Å². The third-order valence-corrected chi connectivity index (χ3v) is 4.13. The SMILES string of the molecule is C[C@H]1OCCN[C@@H]1C(=O)NCc1ccc(C(=O)NCCN(C)C)cc1. The van der Waals surface area contributed by atoms with Crippen molar-refractivity contribution in [2.45, 2.75) is 25.6 Å². The van der Waals surface area contributed by atoms with Gasteiger partial charge in [-0.3, -0.25) is 9.59 Å². The van der Waals surface area contributed by atoms with Gasteiger partial charge in [0.05, 0.1) is 12.7 Å². The normalized spacial score (nSPS) is 20.3. The topological polar surface area (TPSA) is 82.7 Å². The first-order valence-electron chi connectivity index (χ1n) is 8.62. The van der Waals surface area contributed by atoms with Crippen molar-refractivity contribution in [1.29, 1.82) is 0 Å². The number of nitrogens with zero attached hydrogens (tertiary/aromatic N) is 1. The van der Waals surface area contributed by atoms with Crippen molar-refractivity contribution in [3.8, 4) is 0 Å². The number of nitrogens with one attached hydrogen (secondary N) is 3. The molecule has 1 fully saturated rings. The number of amides is 2. The molecule has 0 unspecified atom stereocenters. The van der Waals surface area contributed by atoms with E-state index in [9.17, 15) is 9.59 Å². The van der Waals surface area contributed by atoms with Gasteiger partial charge in [-0.2, -0.15) is 0 Å². The maximum Gasteiger partial charge on any atom is 0.251 e. The number of hydrogen-bond donors (Lipinski definition) is 3. The molecule has 3 N–H and O–H groups in total. The van der Waals surface area contributed by atoms with Gasteiger partial charge in [0.25, 0.3) is 5.91 Å². The highest BCUT2D eigenvalue weighted by Gasteiger charge is 2.27. The molecule has 2 rings (SSSR count). The largest absolute Gasteiger partial charge is 0.375 e. The Morgan fingerprint density at radius 3 is 2.60 bits per heavy atom. The van der Waals surface area contributed by atoms with Crippen LogP contribution >= 0.6 is 0 Å². The van der Waals surface area contributed by atoms with Gasteiger partial charge in [-0.15, -0.1) is 0 Å². The highest BCUT2D eigenvalue weighted by molar-refractivity contribution is 5.94. The van der Waals surface area contributed by atoms with Crippen LogP contribution in [0.15, 0.2) is 24.3 Å². The van der Waals surface area contributed by atoms with Crippen molar-refractivity contribution in [3.05, 3.63) is 35.4 Å². The van der Waals surface area contributed by atoms with Crippen LogP contribution in [-0.4, -0.2) is 69.2 Å². The van der Waals surface area contributed by atoms with Crippen LogP contribution in [0.25, 0.3) is 0 Å². The van der Waals surface area contributed by atoms with Crippen molar-refractivity contribution < 1.29 is 14.3 Å². The van der Waals surface area contributed by atoms with Gasteiger partial charge in [-0.05, 0) is 38.7 Å². The maximum absolute atomic E-state index is 12.2. The number of rotatable bonds is 7. The Bertz CT molecular complexity index is 574. The van der Waals surface area contributed by atoms with Crippen molar-refractivity contribution in [1.82, 2.24) is 20.9 Å². The standard InChI is InChI=1S/C18H28N4O3/c1-13-16(19-9-11-25-13)18(24)21-12-14-4-6-15(7-5-14)17(23)20-8-10-22(2)3/h4-7,13,16,19H,8-12H2,1-3H3,(H,20,23)(H,21,24)/t13-,16+/m1/s1. The molecule has 1 heterocycles. The lowest BCUT2D eigenvalue weighted by molar-refractivity contribution is -0.129. The third kappa shape index (κ3) is 6.12. The van der Waals surface area contributed by atoms with E-state index in [0.717, 1.165) is 12.1 Å². The van der Waals surface area contributed by atoms with E-state index < -0.39 is 0 Å². The first kappa shape index (κ1) is 19.4. The van der Waals surface area contributed by atoms with Crippen LogP contribution in [-0.2, 0) is 16.1 Å². The summed E-state index contributed by atoms with van der Waals surface area (Å²) < 4.78 is 5.48. The van der Waals surface area contributed by atoms with Crippen molar-refractivity contribution in [2.75, 3.05) is 40.3 Å². The molecule has 0 aromatic heterocycles. The Morgan fingerprint density at radius 1 is 1.24 bits per heavy atom. The van der Waals surface area contributed by atoms with Gasteiger partial charge in [0, 0.05) is 31.7 Å². The van der Waals surface area contributed by atoms with Crippen LogP contribution in [0, 0.1) is 0 Å². The molecule has 0 aliphatic carbocycles. The van der Waals surface area contributed by atoms with Gasteiger partial charge in [-0.1, -0.05) is 12.1 Å². The highest BCUT2D eigenvalue weighted by Crippen LogP contribution is 2.07. The minimum absolute atomic E-state index is 0.0716. The number of hydrogen-bond acceptors (Lipinski definition) is 5. The molecule has 2 atom stereocenters. The maximum atomic E-state index is 12.2. The monoisotopic (exact) mass is 348 g/mol. The molecular weight excluding hydrogens is 320 g/mol. The molecule has 1 saturated heterocycles. The number of ether oxygens (including phenoxy) is 1. The third-order valence-electron chi connectivity index (χ3n) is 4.13. The first-order valence-corrected chi connectivity index (χ1v) is 8.62. The summed E-state index contributed by atoms with van der Waals surface area (Å²) >= 11 is 0. The second kappa shape index (κ2) is 9.50. The van der Waals surface area contributed by atoms with Crippen molar-refractivity contribution >= 4 is 11.8 Å². The van der Waals surface area contributed by atoms with E-state index in [-0.39, 0.29) is 24.0 Å². The number of benzene rings is 1. The van der Waals surface area contributed by atoms with Crippen LogP contribution in [0.4, 0.5) is 0 Å². The summed E-state index contributed by atoms with van der Waals surface area (Å²) in [5.74, 6) is -0.160. The molecule has 7 heteroatoms. The molecule has 7 nitrogen and oxygen atoms in total. The zero-order valence-corrected chi connectivity index (χ0v) is 15.2. The van der Waals surface area contributed by atoms with Crippen LogP contribution in [0.2, 0.25) is 0 Å². The summed E-state index contributed by atoms with van der Waals surface area (Å²) in [5.41, 5.74) is 1.56. The van der Waals surface area contributed by atoms with Gasteiger partial charge in [0.2, 0.25) is 5.91 Å². The summed E-state index contributed by atoms with van der Waals surface area (Å²) in [5, 5.41) is 8.95. The average Bonchev–Trinajstić information content (AvgIpc) is 2.60. The Balaban J connectivity index is 1.79. The molecule has 1 aromatic rings. The van der Waals surface area contributed by atoms with E-state index in [4.69, 9.17) is 4.74 Å². The van der Waals surface area contributed by atoms with Gasteiger partial charge in [0.15, 0.2) is 0 Å². The molecule has 0 spiro atoms. The number of carbonyl (C=O) groups is 2. The summed E-state index contributed by atoms with van der Waals surface area (Å²) in [4.78, 5) is 26.2. The summed E-state index contributed by atoms with van der Waals surface area (Å²) in [6, 6.07) is 6.94. The minimum Gasteiger partial charge on any atom is -0.375 e. The lowest BCUT2D eigenvalue weighted by Gasteiger charge is -2.29. The van der Waals surface area contributed by atoms with Crippen LogP contribution < -0.4 is 16.0 Å². The fourth-order valence-electron chi connectivity index (χ4n) is 2.60. The molecule has 138 valence electrons. The van der Waals surface area contributed by atoms with Crippen molar-refractivity contribution in [3.63, 3.8) is 0 Å². The van der Waals surface area contributed by atoms with Gasteiger partial charge >= 0.3 is 0 Å². The smallest absolute Gasteiger partial charge is 0.251 e. The second-order valence-electron chi connectivity index (χ2n) is 6.48. The lowest BCUT2D eigenvalue weighted by Crippen LogP contribution is -2.55. The Hall–Kier alpha value is -1.96. The summed E-state index contributed by atoms with van der Waals surface area (Å²) in [6.07, 6.45) is -0.137. The fourth-order valence-corrected chi connectivity index (χ4v) is 2.60. The average molecular weight is 348 g/mol. The van der Waals surface area contributed by atoms with E-state index in [2.05, 4.69) is 16.0 Å².